The summed E-state index contributed by atoms with van der Waals surface area (Å²) in [6, 6.07) is 0.918. The molecule has 0 aliphatic carbocycles. The lowest BCUT2D eigenvalue weighted by Crippen LogP contribution is -2.32. The smallest absolute Gasteiger partial charge is 0.185 e. The van der Waals surface area contributed by atoms with Gasteiger partial charge in [-0.2, -0.15) is 0 Å². The molecule has 0 aromatic carbocycles. The van der Waals surface area contributed by atoms with Gasteiger partial charge < -0.3 is 10.2 Å². The van der Waals surface area contributed by atoms with Crippen LogP contribution in [-0.2, 0) is 0 Å². The number of anilines is 1. The molecule has 1 N–H and O–H groups in total. The van der Waals surface area contributed by atoms with Crippen molar-refractivity contribution in [1.29, 1.82) is 0 Å². The van der Waals surface area contributed by atoms with Crippen molar-refractivity contribution in [3.8, 4) is 0 Å². The van der Waals surface area contributed by atoms with Crippen molar-refractivity contribution in [1.82, 2.24) is 10.3 Å². The summed E-state index contributed by atoms with van der Waals surface area (Å²) in [5.41, 5.74) is 0. The van der Waals surface area contributed by atoms with Gasteiger partial charge in [-0.25, -0.2) is 4.98 Å². The number of nitrogens with one attached hydrogen (secondary N) is 1. The van der Waals surface area contributed by atoms with Gasteiger partial charge >= 0.3 is 0 Å². The first-order valence-electron chi connectivity index (χ1n) is 6.89. The molecular weight excluding hydrogens is 242 g/mol. The van der Waals surface area contributed by atoms with Crippen LogP contribution >= 0.6 is 11.3 Å². The molecule has 0 amide bonds. The Balaban J connectivity index is 2.67. The molecule has 0 aliphatic heterocycles. The van der Waals surface area contributed by atoms with Crippen molar-refractivity contribution >= 4 is 16.5 Å². The van der Waals surface area contributed by atoms with Gasteiger partial charge in [-0.3, -0.25) is 0 Å². The monoisotopic (exact) mass is 269 g/mol. The van der Waals surface area contributed by atoms with E-state index in [2.05, 4.69) is 56.9 Å². The summed E-state index contributed by atoms with van der Waals surface area (Å²) in [4.78, 5) is 8.16. The molecule has 0 aliphatic rings. The molecule has 1 aromatic rings. The Labute approximate surface area is 116 Å². The zero-order valence-electron chi connectivity index (χ0n) is 12.5. The zero-order valence-corrected chi connectivity index (χ0v) is 13.3. The van der Waals surface area contributed by atoms with E-state index in [0.29, 0.717) is 18.0 Å². The van der Waals surface area contributed by atoms with Crippen molar-refractivity contribution < 1.29 is 0 Å². The highest BCUT2D eigenvalue weighted by Crippen LogP contribution is 2.28. The third-order valence-corrected chi connectivity index (χ3v) is 4.79. The lowest BCUT2D eigenvalue weighted by molar-refractivity contribution is 0.505. The molecule has 2 atom stereocenters. The topological polar surface area (TPSA) is 28.2 Å². The van der Waals surface area contributed by atoms with Gasteiger partial charge in [0.2, 0.25) is 0 Å². The fourth-order valence-corrected chi connectivity index (χ4v) is 2.72. The average Bonchev–Trinajstić information content (AvgIpc) is 2.83. The quantitative estimate of drug-likeness (QED) is 0.818. The Morgan fingerprint density at radius 2 is 2.00 bits per heavy atom. The van der Waals surface area contributed by atoms with E-state index in [0.717, 1.165) is 11.7 Å². The minimum absolute atomic E-state index is 0.402. The number of hydrogen-bond donors (Lipinski definition) is 1. The second-order valence-electron chi connectivity index (χ2n) is 5.32. The normalized spacial score (nSPS) is 14.8. The molecule has 18 heavy (non-hydrogen) atoms. The Morgan fingerprint density at radius 3 is 2.56 bits per heavy atom. The van der Waals surface area contributed by atoms with E-state index in [-0.39, 0.29) is 0 Å². The van der Waals surface area contributed by atoms with E-state index in [1.54, 1.807) is 11.3 Å². The molecule has 1 aromatic heterocycles. The molecule has 0 saturated carbocycles. The van der Waals surface area contributed by atoms with Crippen molar-refractivity contribution in [2.75, 3.05) is 18.5 Å². The molecule has 1 rings (SSSR count). The van der Waals surface area contributed by atoms with Crippen LogP contribution in [0.2, 0.25) is 0 Å². The summed E-state index contributed by atoms with van der Waals surface area (Å²) in [6.45, 7) is 12.2. The fraction of sp³-hybridized carbons (Fsp3) is 0.786. The second-order valence-corrected chi connectivity index (χ2v) is 6.36. The van der Waals surface area contributed by atoms with Crippen LogP contribution in [0.25, 0.3) is 0 Å². The van der Waals surface area contributed by atoms with Crippen LogP contribution in [0.3, 0.4) is 0 Å². The lowest BCUT2D eigenvalue weighted by Gasteiger charge is -2.27. The Hall–Kier alpha value is -0.610. The van der Waals surface area contributed by atoms with Crippen LogP contribution in [0, 0.1) is 5.92 Å². The van der Waals surface area contributed by atoms with Crippen molar-refractivity contribution in [2.24, 2.45) is 5.92 Å². The molecule has 0 bridgehead atoms. The predicted octanol–water partition coefficient (Wildman–Crippen LogP) is 3.68. The van der Waals surface area contributed by atoms with Gasteiger partial charge in [-0.15, -0.1) is 11.3 Å². The third kappa shape index (κ3) is 3.95. The number of nitrogens with zero attached hydrogens (tertiary/aromatic N) is 2. The molecule has 0 spiro atoms. The van der Waals surface area contributed by atoms with Gasteiger partial charge in [0, 0.05) is 30.2 Å². The van der Waals surface area contributed by atoms with Gasteiger partial charge in [0.25, 0.3) is 0 Å². The highest BCUT2D eigenvalue weighted by Gasteiger charge is 2.17. The largest absolute Gasteiger partial charge is 0.348 e. The number of thiazole rings is 1. The van der Waals surface area contributed by atoms with Crippen molar-refractivity contribution in [2.45, 2.75) is 53.1 Å². The molecular formula is C14H27N3S. The first-order valence-corrected chi connectivity index (χ1v) is 7.70. The summed E-state index contributed by atoms with van der Waals surface area (Å²) in [5.74, 6) is 0.637. The highest BCUT2D eigenvalue weighted by molar-refractivity contribution is 7.15. The van der Waals surface area contributed by atoms with Crippen LogP contribution in [0.1, 0.15) is 52.0 Å². The maximum atomic E-state index is 4.55. The standard InChI is InChI=1S/C14H27N3S/c1-7-8-15-11(4)13-9-16-14(18-13)17(6)12(5)10(2)3/h9-12,15H,7-8H2,1-6H3. The minimum atomic E-state index is 0.402. The van der Waals surface area contributed by atoms with E-state index < -0.39 is 0 Å². The summed E-state index contributed by atoms with van der Waals surface area (Å²) < 4.78 is 0. The summed E-state index contributed by atoms with van der Waals surface area (Å²) >= 11 is 1.80. The Bertz CT molecular complexity index is 349. The van der Waals surface area contributed by atoms with Crippen LogP contribution < -0.4 is 10.2 Å². The minimum Gasteiger partial charge on any atom is -0.348 e. The zero-order chi connectivity index (χ0) is 13.7. The van der Waals surface area contributed by atoms with Gasteiger partial charge in [-0.05, 0) is 32.7 Å². The Kier molecular flexibility index (Phi) is 6.09. The Morgan fingerprint density at radius 1 is 1.33 bits per heavy atom. The summed E-state index contributed by atoms with van der Waals surface area (Å²) in [5, 5.41) is 4.63. The molecule has 0 saturated heterocycles. The van der Waals surface area contributed by atoms with Gasteiger partial charge in [0.05, 0.1) is 0 Å². The predicted molar refractivity (Wildman–Crippen MR) is 81.5 cm³/mol. The molecule has 0 fully saturated rings. The third-order valence-electron chi connectivity index (χ3n) is 3.52. The highest BCUT2D eigenvalue weighted by atomic mass is 32.1. The number of hydrogen-bond acceptors (Lipinski definition) is 4. The molecule has 3 nitrogen and oxygen atoms in total. The van der Waals surface area contributed by atoms with E-state index in [4.69, 9.17) is 0 Å². The first-order chi connectivity index (χ1) is 8.47. The van der Waals surface area contributed by atoms with Crippen molar-refractivity contribution in [3.05, 3.63) is 11.1 Å². The van der Waals surface area contributed by atoms with Gasteiger partial charge in [0.15, 0.2) is 5.13 Å². The van der Waals surface area contributed by atoms with Gasteiger partial charge in [0.1, 0.15) is 0 Å². The SMILES string of the molecule is CCCNC(C)c1cnc(N(C)C(C)C(C)C)s1. The molecule has 104 valence electrons. The van der Waals surface area contributed by atoms with Crippen molar-refractivity contribution in [3.63, 3.8) is 0 Å². The van der Waals surface area contributed by atoms with Crippen LogP contribution in [0.15, 0.2) is 6.20 Å². The molecule has 2 unspecified atom stereocenters. The van der Waals surface area contributed by atoms with E-state index in [9.17, 15) is 0 Å². The summed E-state index contributed by atoms with van der Waals surface area (Å²) in [7, 11) is 2.14. The van der Waals surface area contributed by atoms with E-state index in [1.165, 1.54) is 11.3 Å². The maximum Gasteiger partial charge on any atom is 0.185 e. The molecule has 0 radical (unpaired) electrons. The van der Waals surface area contributed by atoms with Crippen LogP contribution in [0.5, 0.6) is 0 Å². The molecule has 1 heterocycles. The van der Waals surface area contributed by atoms with Crippen LogP contribution in [0.4, 0.5) is 5.13 Å². The average molecular weight is 269 g/mol. The van der Waals surface area contributed by atoms with E-state index in [1.807, 2.05) is 6.20 Å². The fourth-order valence-electron chi connectivity index (χ4n) is 1.72. The molecule has 4 heteroatoms. The second kappa shape index (κ2) is 7.10. The lowest BCUT2D eigenvalue weighted by atomic mass is 10.1. The van der Waals surface area contributed by atoms with E-state index >= 15 is 0 Å². The number of rotatable bonds is 7. The first kappa shape index (κ1) is 15.4. The maximum absolute atomic E-state index is 4.55. The number of aromatic nitrogens is 1. The van der Waals surface area contributed by atoms with Gasteiger partial charge in [-0.1, -0.05) is 20.8 Å². The van der Waals surface area contributed by atoms with Crippen LogP contribution in [-0.4, -0.2) is 24.6 Å². The summed E-state index contributed by atoms with van der Waals surface area (Å²) in [6.07, 6.45) is 3.18.